The molecule has 2 atom stereocenters. The summed E-state index contributed by atoms with van der Waals surface area (Å²) in [5.41, 5.74) is -0.904. The molecular formula is C16H27NO4. The third-order valence-corrected chi connectivity index (χ3v) is 3.90. The highest BCUT2D eigenvalue weighted by Crippen LogP contribution is 2.20. The second kappa shape index (κ2) is 8.17. The molecule has 0 aliphatic carbocycles. The number of amides is 1. The van der Waals surface area contributed by atoms with Crippen molar-refractivity contribution in [2.24, 2.45) is 0 Å². The van der Waals surface area contributed by atoms with Crippen molar-refractivity contribution in [3.63, 3.8) is 0 Å². The van der Waals surface area contributed by atoms with Crippen LogP contribution >= 0.6 is 0 Å². The number of hydrogen-bond acceptors (Lipinski definition) is 4. The number of rotatable bonds is 7. The van der Waals surface area contributed by atoms with Gasteiger partial charge in [-0.15, -0.1) is 0 Å². The quantitative estimate of drug-likeness (QED) is 0.678. The van der Waals surface area contributed by atoms with E-state index in [1.54, 1.807) is 18.7 Å². The molecule has 0 bridgehead atoms. The molecule has 0 aromatic rings. The van der Waals surface area contributed by atoms with Crippen LogP contribution in [0.3, 0.4) is 0 Å². The molecule has 5 heteroatoms. The summed E-state index contributed by atoms with van der Waals surface area (Å²) in [6, 6.07) is 0. The lowest BCUT2D eigenvalue weighted by molar-refractivity contribution is -0.147. The van der Waals surface area contributed by atoms with E-state index in [1.165, 1.54) is 12.5 Å². The van der Waals surface area contributed by atoms with Gasteiger partial charge in [0.1, 0.15) is 12.2 Å². The smallest absolute Gasteiger partial charge is 0.409 e. The van der Waals surface area contributed by atoms with Crippen LogP contribution in [0.4, 0.5) is 4.79 Å². The molecular weight excluding hydrogens is 270 g/mol. The summed E-state index contributed by atoms with van der Waals surface area (Å²) < 4.78 is 11.0. The molecule has 1 heterocycles. The van der Waals surface area contributed by atoms with Crippen LogP contribution in [0.2, 0.25) is 0 Å². The number of likely N-dealkylation sites (tertiary alicyclic amines) is 1. The second-order valence-electron chi connectivity index (χ2n) is 5.71. The van der Waals surface area contributed by atoms with E-state index in [-0.39, 0.29) is 24.6 Å². The Balaban J connectivity index is 2.42. The molecule has 1 rings (SSSR count). The third-order valence-electron chi connectivity index (χ3n) is 3.90. The summed E-state index contributed by atoms with van der Waals surface area (Å²) in [4.78, 5) is 25.4. The lowest BCUT2D eigenvalue weighted by Gasteiger charge is -2.30. The van der Waals surface area contributed by atoms with Crippen molar-refractivity contribution >= 4 is 11.9 Å². The highest BCUT2D eigenvalue weighted by atomic mass is 16.6. The predicted molar refractivity (Wildman–Crippen MR) is 81.2 cm³/mol. The Labute approximate surface area is 127 Å². The van der Waals surface area contributed by atoms with E-state index < -0.39 is 5.60 Å². The fourth-order valence-corrected chi connectivity index (χ4v) is 2.37. The standard InChI is InChI=1S/C16H27NO4/c1-5-14(18)16(4,6-2)21-13(3)12-20-15(19)17-10-8-7-9-11-17/h5,13H,1,6-12H2,2-4H3. The van der Waals surface area contributed by atoms with Crippen LogP contribution in [-0.2, 0) is 14.3 Å². The lowest BCUT2D eigenvalue weighted by atomic mass is 9.97. The highest BCUT2D eigenvalue weighted by Gasteiger charge is 2.32. The topological polar surface area (TPSA) is 55.8 Å². The molecule has 1 aliphatic heterocycles. The summed E-state index contributed by atoms with van der Waals surface area (Å²) in [5.74, 6) is -0.154. The van der Waals surface area contributed by atoms with Crippen molar-refractivity contribution in [3.05, 3.63) is 12.7 Å². The van der Waals surface area contributed by atoms with Crippen LogP contribution < -0.4 is 0 Å². The molecule has 0 spiro atoms. The SMILES string of the molecule is C=CC(=O)C(C)(CC)OC(C)COC(=O)N1CCCCC1. The first-order chi connectivity index (χ1) is 9.92. The van der Waals surface area contributed by atoms with E-state index in [4.69, 9.17) is 9.47 Å². The van der Waals surface area contributed by atoms with Crippen molar-refractivity contribution in [2.75, 3.05) is 19.7 Å². The van der Waals surface area contributed by atoms with Gasteiger partial charge in [-0.2, -0.15) is 0 Å². The first kappa shape index (κ1) is 17.7. The normalized spacial score (nSPS) is 19.5. The maximum atomic E-state index is 11.9. The fourth-order valence-electron chi connectivity index (χ4n) is 2.37. The monoisotopic (exact) mass is 297 g/mol. The van der Waals surface area contributed by atoms with Crippen molar-refractivity contribution in [3.8, 4) is 0 Å². The van der Waals surface area contributed by atoms with Crippen molar-refractivity contribution < 1.29 is 19.1 Å². The maximum absolute atomic E-state index is 11.9. The molecule has 0 aromatic carbocycles. The van der Waals surface area contributed by atoms with Crippen LogP contribution in [0, 0.1) is 0 Å². The average molecular weight is 297 g/mol. The van der Waals surface area contributed by atoms with Gasteiger partial charge in [-0.25, -0.2) is 4.79 Å². The first-order valence-electron chi connectivity index (χ1n) is 7.69. The van der Waals surface area contributed by atoms with E-state index in [2.05, 4.69) is 6.58 Å². The Hall–Kier alpha value is -1.36. The summed E-state index contributed by atoms with van der Waals surface area (Å²) >= 11 is 0. The zero-order chi connectivity index (χ0) is 15.9. The first-order valence-corrected chi connectivity index (χ1v) is 7.69. The third kappa shape index (κ3) is 5.16. The van der Waals surface area contributed by atoms with Gasteiger partial charge >= 0.3 is 6.09 Å². The van der Waals surface area contributed by atoms with Gasteiger partial charge in [-0.1, -0.05) is 13.5 Å². The largest absolute Gasteiger partial charge is 0.447 e. The Morgan fingerprint density at radius 3 is 2.48 bits per heavy atom. The number of carbonyl (C=O) groups excluding carboxylic acids is 2. The van der Waals surface area contributed by atoms with Gasteiger partial charge in [-0.05, 0) is 45.6 Å². The molecule has 1 fully saturated rings. The Morgan fingerprint density at radius 1 is 1.33 bits per heavy atom. The molecule has 0 radical (unpaired) electrons. The van der Waals surface area contributed by atoms with E-state index in [0.29, 0.717) is 6.42 Å². The van der Waals surface area contributed by atoms with Crippen molar-refractivity contribution in [1.29, 1.82) is 0 Å². The highest BCUT2D eigenvalue weighted by molar-refractivity contribution is 5.96. The predicted octanol–water partition coefficient (Wildman–Crippen LogP) is 2.94. The number of hydrogen-bond donors (Lipinski definition) is 0. The molecule has 5 nitrogen and oxygen atoms in total. The van der Waals surface area contributed by atoms with Gasteiger partial charge < -0.3 is 14.4 Å². The molecule has 1 aliphatic rings. The number of carbonyl (C=O) groups is 2. The minimum atomic E-state index is -0.904. The van der Waals surface area contributed by atoms with E-state index in [0.717, 1.165) is 25.9 Å². The molecule has 1 saturated heterocycles. The number of ether oxygens (including phenoxy) is 2. The van der Waals surface area contributed by atoms with Gasteiger partial charge in [0.05, 0.1) is 6.10 Å². The summed E-state index contributed by atoms with van der Waals surface area (Å²) in [6.45, 7) is 10.6. The van der Waals surface area contributed by atoms with Crippen LogP contribution in [0.1, 0.15) is 46.5 Å². The van der Waals surface area contributed by atoms with E-state index in [9.17, 15) is 9.59 Å². The molecule has 1 amide bonds. The zero-order valence-corrected chi connectivity index (χ0v) is 13.4. The average Bonchev–Trinajstić information content (AvgIpc) is 2.52. The van der Waals surface area contributed by atoms with Gasteiger partial charge in [0.25, 0.3) is 0 Å². The molecule has 0 aromatic heterocycles. The maximum Gasteiger partial charge on any atom is 0.409 e. The molecule has 21 heavy (non-hydrogen) atoms. The molecule has 120 valence electrons. The minimum Gasteiger partial charge on any atom is -0.447 e. The van der Waals surface area contributed by atoms with Crippen molar-refractivity contribution in [2.45, 2.75) is 58.2 Å². The summed E-state index contributed by atoms with van der Waals surface area (Å²) in [6.07, 6.45) is 4.41. The van der Waals surface area contributed by atoms with Crippen LogP contribution in [0.25, 0.3) is 0 Å². The zero-order valence-electron chi connectivity index (χ0n) is 13.4. The van der Waals surface area contributed by atoms with Crippen molar-refractivity contribution in [1.82, 2.24) is 4.90 Å². The van der Waals surface area contributed by atoms with Crippen LogP contribution in [-0.4, -0.2) is 48.2 Å². The number of piperidine rings is 1. The lowest BCUT2D eigenvalue weighted by Crippen LogP contribution is -2.42. The van der Waals surface area contributed by atoms with E-state index in [1.807, 2.05) is 6.92 Å². The fraction of sp³-hybridized carbons (Fsp3) is 0.750. The Kier molecular flexibility index (Phi) is 6.89. The Morgan fingerprint density at radius 2 is 1.95 bits per heavy atom. The molecule has 0 N–H and O–H groups in total. The number of nitrogens with zero attached hydrogens (tertiary/aromatic N) is 1. The minimum absolute atomic E-state index is 0.148. The summed E-state index contributed by atoms with van der Waals surface area (Å²) in [5, 5.41) is 0. The number of ketones is 1. The van der Waals surface area contributed by atoms with Gasteiger partial charge in [-0.3, -0.25) is 4.79 Å². The van der Waals surface area contributed by atoms with Gasteiger partial charge in [0, 0.05) is 13.1 Å². The van der Waals surface area contributed by atoms with Crippen LogP contribution in [0.5, 0.6) is 0 Å². The molecule has 2 unspecified atom stereocenters. The summed E-state index contributed by atoms with van der Waals surface area (Å²) in [7, 11) is 0. The van der Waals surface area contributed by atoms with Crippen LogP contribution in [0.15, 0.2) is 12.7 Å². The Bertz CT molecular complexity index is 376. The van der Waals surface area contributed by atoms with Gasteiger partial charge in [0.15, 0.2) is 5.78 Å². The second-order valence-corrected chi connectivity index (χ2v) is 5.71. The van der Waals surface area contributed by atoms with E-state index >= 15 is 0 Å². The molecule has 0 saturated carbocycles. The van der Waals surface area contributed by atoms with Gasteiger partial charge in [0.2, 0.25) is 0 Å².